The van der Waals surface area contributed by atoms with E-state index < -0.39 is 0 Å². The van der Waals surface area contributed by atoms with Gasteiger partial charge in [0.05, 0.1) is 5.60 Å². The second kappa shape index (κ2) is 5.00. The molecular weight excluding hydrogens is 204 g/mol. The van der Waals surface area contributed by atoms with Crippen LogP contribution in [0.3, 0.4) is 0 Å². The molecule has 0 aliphatic carbocycles. The quantitative estimate of drug-likeness (QED) is 0.742. The molecule has 2 saturated heterocycles. The van der Waals surface area contributed by atoms with Crippen LogP contribution in [0.4, 0.5) is 0 Å². The van der Waals surface area contributed by atoms with Gasteiger partial charge in [-0.15, -0.1) is 0 Å². The summed E-state index contributed by atoms with van der Waals surface area (Å²) < 4.78 is 11.2. The first-order valence-corrected chi connectivity index (χ1v) is 6.35. The van der Waals surface area contributed by atoms with Crippen LogP contribution in [0, 0.1) is 0 Å². The van der Waals surface area contributed by atoms with Crippen molar-refractivity contribution in [2.75, 3.05) is 32.9 Å². The van der Waals surface area contributed by atoms with Crippen molar-refractivity contribution in [3.63, 3.8) is 0 Å². The zero-order chi connectivity index (χ0) is 11.5. The molecule has 16 heavy (non-hydrogen) atoms. The first-order chi connectivity index (χ1) is 7.68. The van der Waals surface area contributed by atoms with Crippen LogP contribution in [-0.2, 0) is 9.47 Å². The lowest BCUT2D eigenvalue weighted by Gasteiger charge is -2.39. The third-order valence-electron chi connectivity index (χ3n) is 3.98. The summed E-state index contributed by atoms with van der Waals surface area (Å²) in [6.07, 6.45) is 4.35. The number of ether oxygens (including phenoxy) is 2. The standard InChI is InChI=1S/C12H24N2O2/c1-11(3-2-6-16-11)10-14-12(9-13)4-7-15-8-5-12/h14H,2-10,13H2,1H3. The van der Waals surface area contributed by atoms with Crippen molar-refractivity contribution < 1.29 is 9.47 Å². The second-order valence-electron chi connectivity index (χ2n) is 5.35. The Morgan fingerprint density at radius 3 is 2.50 bits per heavy atom. The van der Waals surface area contributed by atoms with Crippen LogP contribution in [0.1, 0.15) is 32.6 Å². The molecule has 4 heteroatoms. The summed E-state index contributed by atoms with van der Waals surface area (Å²) in [6.45, 7) is 6.33. The molecule has 2 fully saturated rings. The smallest absolute Gasteiger partial charge is 0.0779 e. The Hall–Kier alpha value is -0.160. The van der Waals surface area contributed by atoms with E-state index in [2.05, 4.69) is 12.2 Å². The van der Waals surface area contributed by atoms with E-state index in [4.69, 9.17) is 15.2 Å². The highest BCUT2D eigenvalue weighted by Gasteiger charge is 2.35. The highest BCUT2D eigenvalue weighted by molar-refractivity contribution is 4.94. The zero-order valence-corrected chi connectivity index (χ0v) is 10.3. The van der Waals surface area contributed by atoms with Gasteiger partial charge in [-0.25, -0.2) is 0 Å². The predicted molar refractivity (Wildman–Crippen MR) is 63.4 cm³/mol. The Bertz CT molecular complexity index is 221. The van der Waals surface area contributed by atoms with Gasteiger partial charge in [0.1, 0.15) is 0 Å². The molecule has 2 heterocycles. The molecule has 2 aliphatic rings. The topological polar surface area (TPSA) is 56.5 Å². The summed E-state index contributed by atoms with van der Waals surface area (Å²) in [5.74, 6) is 0. The average molecular weight is 228 g/mol. The Labute approximate surface area is 97.9 Å². The van der Waals surface area contributed by atoms with E-state index in [1.165, 1.54) is 6.42 Å². The van der Waals surface area contributed by atoms with Gasteiger partial charge in [-0.3, -0.25) is 0 Å². The van der Waals surface area contributed by atoms with Crippen molar-refractivity contribution in [3.05, 3.63) is 0 Å². The molecule has 3 N–H and O–H groups in total. The Kier molecular flexibility index (Phi) is 3.85. The number of rotatable bonds is 4. The molecule has 94 valence electrons. The molecule has 0 spiro atoms. The highest BCUT2D eigenvalue weighted by Crippen LogP contribution is 2.26. The van der Waals surface area contributed by atoms with Gasteiger partial charge in [0, 0.05) is 38.4 Å². The maximum atomic E-state index is 5.91. The number of nitrogens with one attached hydrogen (secondary N) is 1. The van der Waals surface area contributed by atoms with E-state index >= 15 is 0 Å². The number of nitrogens with two attached hydrogens (primary N) is 1. The first-order valence-electron chi connectivity index (χ1n) is 6.35. The molecule has 0 aromatic carbocycles. The maximum Gasteiger partial charge on any atom is 0.0779 e. The lowest BCUT2D eigenvalue weighted by Crippen LogP contribution is -2.57. The summed E-state index contributed by atoms with van der Waals surface area (Å²) in [5, 5.41) is 3.64. The van der Waals surface area contributed by atoms with Crippen LogP contribution in [0.25, 0.3) is 0 Å². The van der Waals surface area contributed by atoms with Crippen molar-refractivity contribution in [1.29, 1.82) is 0 Å². The third-order valence-corrected chi connectivity index (χ3v) is 3.98. The lowest BCUT2D eigenvalue weighted by molar-refractivity contribution is -0.00259. The van der Waals surface area contributed by atoms with Gasteiger partial charge in [-0.05, 0) is 32.6 Å². The Balaban J connectivity index is 1.86. The van der Waals surface area contributed by atoms with Gasteiger partial charge >= 0.3 is 0 Å². The van der Waals surface area contributed by atoms with Crippen LogP contribution in [0.5, 0.6) is 0 Å². The van der Waals surface area contributed by atoms with Crippen LogP contribution in [0.15, 0.2) is 0 Å². The maximum absolute atomic E-state index is 5.91. The first kappa shape index (κ1) is 12.3. The van der Waals surface area contributed by atoms with Crippen molar-refractivity contribution in [3.8, 4) is 0 Å². The monoisotopic (exact) mass is 228 g/mol. The largest absolute Gasteiger partial charge is 0.381 e. The Morgan fingerprint density at radius 2 is 1.94 bits per heavy atom. The summed E-state index contributed by atoms with van der Waals surface area (Å²) >= 11 is 0. The minimum absolute atomic E-state index is 0.0144. The second-order valence-corrected chi connectivity index (χ2v) is 5.35. The summed E-state index contributed by atoms with van der Waals surface area (Å²) in [6, 6.07) is 0. The Morgan fingerprint density at radius 1 is 1.19 bits per heavy atom. The van der Waals surface area contributed by atoms with Gasteiger partial charge in [0.15, 0.2) is 0 Å². The van der Waals surface area contributed by atoms with Crippen LogP contribution in [-0.4, -0.2) is 44.1 Å². The highest BCUT2D eigenvalue weighted by atomic mass is 16.5. The summed E-state index contributed by atoms with van der Waals surface area (Å²) in [4.78, 5) is 0. The molecule has 0 aromatic rings. The molecule has 0 radical (unpaired) electrons. The molecule has 0 amide bonds. The molecule has 1 unspecified atom stereocenters. The van der Waals surface area contributed by atoms with Gasteiger partial charge in [0.2, 0.25) is 0 Å². The van der Waals surface area contributed by atoms with Crippen LogP contribution in [0.2, 0.25) is 0 Å². The van der Waals surface area contributed by atoms with Crippen LogP contribution >= 0.6 is 0 Å². The average Bonchev–Trinajstić information content (AvgIpc) is 2.76. The lowest BCUT2D eigenvalue weighted by atomic mass is 9.89. The molecule has 0 saturated carbocycles. The van der Waals surface area contributed by atoms with Crippen molar-refractivity contribution >= 4 is 0 Å². The zero-order valence-electron chi connectivity index (χ0n) is 10.3. The number of hydrogen-bond donors (Lipinski definition) is 2. The van der Waals surface area contributed by atoms with Crippen molar-refractivity contribution in [1.82, 2.24) is 5.32 Å². The molecule has 0 bridgehead atoms. The molecule has 1 atom stereocenters. The fraction of sp³-hybridized carbons (Fsp3) is 1.00. The number of hydrogen-bond acceptors (Lipinski definition) is 4. The van der Waals surface area contributed by atoms with Gasteiger partial charge in [-0.2, -0.15) is 0 Å². The van der Waals surface area contributed by atoms with Gasteiger partial charge in [0.25, 0.3) is 0 Å². The van der Waals surface area contributed by atoms with E-state index in [1.54, 1.807) is 0 Å². The van der Waals surface area contributed by atoms with Crippen molar-refractivity contribution in [2.24, 2.45) is 5.73 Å². The van der Waals surface area contributed by atoms with Crippen molar-refractivity contribution in [2.45, 2.75) is 43.7 Å². The summed E-state index contributed by atoms with van der Waals surface area (Å²) in [7, 11) is 0. The molecule has 0 aromatic heterocycles. The van der Waals surface area contributed by atoms with Gasteiger partial charge in [-0.1, -0.05) is 0 Å². The van der Waals surface area contributed by atoms with E-state index in [0.717, 1.165) is 45.6 Å². The minimum atomic E-state index is 0.0144. The van der Waals surface area contributed by atoms with Gasteiger partial charge < -0.3 is 20.5 Å². The molecular formula is C12H24N2O2. The van der Waals surface area contributed by atoms with E-state index in [9.17, 15) is 0 Å². The SMILES string of the molecule is CC1(CNC2(CN)CCOCC2)CCCO1. The molecule has 2 aliphatic heterocycles. The van der Waals surface area contributed by atoms with E-state index in [1.807, 2.05) is 0 Å². The molecule has 4 nitrogen and oxygen atoms in total. The van der Waals surface area contributed by atoms with Crippen LogP contribution < -0.4 is 11.1 Å². The third kappa shape index (κ3) is 2.74. The van der Waals surface area contributed by atoms with E-state index in [0.29, 0.717) is 6.54 Å². The normalized spacial score (nSPS) is 34.1. The van der Waals surface area contributed by atoms with E-state index in [-0.39, 0.29) is 11.1 Å². The fourth-order valence-corrected chi connectivity index (χ4v) is 2.57. The minimum Gasteiger partial charge on any atom is -0.381 e. The predicted octanol–water partition coefficient (Wildman–Crippen LogP) is 0.653. The molecule has 2 rings (SSSR count). The fourth-order valence-electron chi connectivity index (χ4n) is 2.57. The summed E-state index contributed by atoms with van der Waals surface area (Å²) in [5.41, 5.74) is 6.00.